The quantitative estimate of drug-likeness (QED) is 0.619. The van der Waals surface area contributed by atoms with E-state index in [0.717, 1.165) is 23.4 Å². The Kier molecular flexibility index (Phi) is 4.95. The van der Waals surface area contributed by atoms with E-state index in [-0.39, 0.29) is 22.4 Å². The number of aromatic nitrogens is 3. The first kappa shape index (κ1) is 17.9. The molecule has 0 saturated carbocycles. The molecule has 2 aromatic heterocycles. The minimum Gasteiger partial charge on any atom is -0.420 e. The number of hydrogen-bond donors (Lipinski definition) is 0. The highest BCUT2D eigenvalue weighted by molar-refractivity contribution is 7.98. The Balaban J connectivity index is 1.84. The molecule has 0 atom stereocenters. The van der Waals surface area contributed by atoms with Crippen molar-refractivity contribution in [3.63, 3.8) is 0 Å². The maximum Gasteiger partial charge on any atom is 0.417 e. The van der Waals surface area contributed by atoms with Crippen LogP contribution in [0.5, 0.6) is 0 Å². The molecule has 5 nitrogen and oxygen atoms in total. The molecule has 1 aromatic carbocycles. The van der Waals surface area contributed by atoms with E-state index in [1.807, 2.05) is 18.2 Å². The average Bonchev–Trinajstić information content (AvgIpc) is 3.08. The molecule has 9 heteroatoms. The van der Waals surface area contributed by atoms with E-state index in [2.05, 4.69) is 15.2 Å². The molecule has 0 aliphatic carbocycles. The summed E-state index contributed by atoms with van der Waals surface area (Å²) >= 11 is 0.948. The molecule has 0 aliphatic heterocycles. The van der Waals surface area contributed by atoms with Gasteiger partial charge in [0.25, 0.3) is 0 Å². The number of hydrogen-bond acceptors (Lipinski definition) is 6. The second-order valence-electron chi connectivity index (χ2n) is 5.26. The van der Waals surface area contributed by atoms with Crippen LogP contribution in [-0.4, -0.2) is 15.2 Å². The predicted octanol–water partition coefficient (Wildman–Crippen LogP) is 4.62. The summed E-state index contributed by atoms with van der Waals surface area (Å²) in [4.78, 5) is 4.05. The molecular weight excluding hydrogens is 365 g/mol. The van der Waals surface area contributed by atoms with Crippen molar-refractivity contribution in [2.75, 3.05) is 0 Å². The smallest absolute Gasteiger partial charge is 0.417 e. The summed E-state index contributed by atoms with van der Waals surface area (Å²) in [6.45, 7) is 1.45. The molecule has 0 spiro atoms. The van der Waals surface area contributed by atoms with Gasteiger partial charge in [-0.25, -0.2) is 4.98 Å². The van der Waals surface area contributed by atoms with Gasteiger partial charge in [0.05, 0.1) is 16.9 Å². The average molecular weight is 376 g/mol. The summed E-state index contributed by atoms with van der Waals surface area (Å²) in [6.07, 6.45) is -4.63. The fraction of sp³-hybridized carbons (Fsp3) is 0.176. The fourth-order valence-corrected chi connectivity index (χ4v) is 3.11. The molecule has 0 amide bonds. The number of nitriles is 1. The van der Waals surface area contributed by atoms with Gasteiger partial charge in [0.15, 0.2) is 0 Å². The molecule has 26 heavy (non-hydrogen) atoms. The molecule has 0 radical (unpaired) electrons. The largest absolute Gasteiger partial charge is 0.420 e. The highest BCUT2D eigenvalue weighted by Gasteiger charge is 2.35. The Morgan fingerprint density at radius 3 is 2.58 bits per heavy atom. The zero-order chi connectivity index (χ0) is 18.7. The topological polar surface area (TPSA) is 75.6 Å². The Bertz CT molecular complexity index is 964. The van der Waals surface area contributed by atoms with Crippen molar-refractivity contribution in [1.82, 2.24) is 15.2 Å². The lowest BCUT2D eigenvalue weighted by Crippen LogP contribution is -2.10. The summed E-state index contributed by atoms with van der Waals surface area (Å²) in [5.41, 5.74) is -0.585. The van der Waals surface area contributed by atoms with Gasteiger partial charge in [0.2, 0.25) is 11.8 Å². The van der Waals surface area contributed by atoms with Gasteiger partial charge in [0.1, 0.15) is 11.1 Å². The summed E-state index contributed by atoms with van der Waals surface area (Å²) in [5.74, 6) is 0.645. The SMILES string of the molecule is Cc1cc(C(F)(F)F)c(C#N)c(SCc2nnc(-c3ccccc3)o2)n1. The molecule has 132 valence electrons. The lowest BCUT2D eigenvalue weighted by molar-refractivity contribution is -0.138. The standard InChI is InChI=1S/C17H11F3N4OS/c1-10-7-13(17(18,19)20)12(8-21)16(22-10)26-9-14-23-24-15(25-14)11-5-3-2-4-6-11/h2-7H,9H2,1H3. The Morgan fingerprint density at radius 2 is 1.92 bits per heavy atom. The van der Waals surface area contributed by atoms with Crippen LogP contribution < -0.4 is 0 Å². The van der Waals surface area contributed by atoms with Gasteiger partial charge >= 0.3 is 6.18 Å². The third-order valence-corrected chi connectivity index (χ3v) is 4.31. The monoisotopic (exact) mass is 376 g/mol. The number of alkyl halides is 3. The number of aryl methyl sites for hydroxylation is 1. The number of nitrogens with zero attached hydrogens (tertiary/aromatic N) is 4. The first-order valence-electron chi connectivity index (χ1n) is 7.38. The van der Waals surface area contributed by atoms with Crippen molar-refractivity contribution in [2.24, 2.45) is 0 Å². The number of halogens is 3. The summed E-state index contributed by atoms with van der Waals surface area (Å²) in [7, 11) is 0. The molecule has 0 N–H and O–H groups in total. The minimum atomic E-state index is -4.63. The van der Waals surface area contributed by atoms with Gasteiger partial charge in [-0.3, -0.25) is 0 Å². The van der Waals surface area contributed by atoms with Crippen molar-refractivity contribution >= 4 is 11.8 Å². The number of rotatable bonds is 4. The van der Waals surface area contributed by atoms with Crippen LogP contribution in [0.1, 0.15) is 22.7 Å². The van der Waals surface area contributed by atoms with Crippen molar-refractivity contribution in [2.45, 2.75) is 23.9 Å². The van der Waals surface area contributed by atoms with E-state index in [4.69, 9.17) is 9.68 Å². The lowest BCUT2D eigenvalue weighted by atomic mass is 10.1. The van der Waals surface area contributed by atoms with E-state index in [0.29, 0.717) is 5.89 Å². The maximum absolute atomic E-state index is 13.1. The molecule has 2 heterocycles. The first-order chi connectivity index (χ1) is 12.4. The van der Waals surface area contributed by atoms with Gasteiger partial charge in [-0.2, -0.15) is 18.4 Å². The van der Waals surface area contributed by atoms with Crippen molar-refractivity contribution < 1.29 is 17.6 Å². The lowest BCUT2D eigenvalue weighted by Gasteiger charge is -2.12. The third-order valence-electron chi connectivity index (χ3n) is 3.35. The highest BCUT2D eigenvalue weighted by atomic mass is 32.2. The van der Waals surface area contributed by atoms with Gasteiger partial charge in [0, 0.05) is 11.3 Å². The summed E-state index contributed by atoms with van der Waals surface area (Å²) < 4.78 is 44.9. The second-order valence-corrected chi connectivity index (χ2v) is 6.22. The zero-order valence-electron chi connectivity index (χ0n) is 13.4. The van der Waals surface area contributed by atoms with E-state index in [1.165, 1.54) is 6.92 Å². The first-order valence-corrected chi connectivity index (χ1v) is 8.36. The number of thioether (sulfide) groups is 1. The van der Waals surface area contributed by atoms with E-state index in [1.54, 1.807) is 18.2 Å². The van der Waals surface area contributed by atoms with Crippen LogP contribution >= 0.6 is 11.8 Å². The normalized spacial score (nSPS) is 11.3. The summed E-state index contributed by atoms with van der Waals surface area (Å²) in [6, 6.07) is 11.6. The number of pyridine rings is 1. The Labute approximate surface area is 150 Å². The predicted molar refractivity (Wildman–Crippen MR) is 88.0 cm³/mol. The van der Waals surface area contributed by atoms with E-state index in [9.17, 15) is 13.2 Å². The Morgan fingerprint density at radius 1 is 1.19 bits per heavy atom. The molecule has 0 bridgehead atoms. The Hall–Kier alpha value is -2.86. The molecule has 0 saturated heterocycles. The van der Waals surface area contributed by atoms with Crippen molar-refractivity contribution in [3.05, 3.63) is 59.1 Å². The van der Waals surface area contributed by atoms with Crippen LogP contribution in [0, 0.1) is 18.3 Å². The van der Waals surface area contributed by atoms with Gasteiger partial charge in [-0.15, -0.1) is 10.2 Å². The van der Waals surface area contributed by atoms with E-state index >= 15 is 0 Å². The molecule has 3 rings (SSSR count). The van der Waals surface area contributed by atoms with Gasteiger partial charge < -0.3 is 4.42 Å². The molecule has 3 aromatic rings. The molecule has 0 fully saturated rings. The zero-order valence-corrected chi connectivity index (χ0v) is 14.2. The van der Waals surface area contributed by atoms with Crippen LogP contribution in [0.2, 0.25) is 0 Å². The van der Waals surface area contributed by atoms with Crippen LogP contribution in [0.3, 0.4) is 0 Å². The fourth-order valence-electron chi connectivity index (χ4n) is 2.22. The van der Waals surface area contributed by atoms with Crippen LogP contribution in [0.15, 0.2) is 45.8 Å². The van der Waals surface area contributed by atoms with E-state index < -0.39 is 17.3 Å². The maximum atomic E-state index is 13.1. The van der Waals surface area contributed by atoms with Crippen LogP contribution in [0.25, 0.3) is 11.5 Å². The molecule has 0 aliphatic rings. The van der Waals surface area contributed by atoms with Crippen molar-refractivity contribution in [1.29, 1.82) is 5.26 Å². The third kappa shape index (κ3) is 3.86. The highest BCUT2D eigenvalue weighted by Crippen LogP contribution is 2.36. The van der Waals surface area contributed by atoms with Gasteiger partial charge in [-0.05, 0) is 25.1 Å². The minimum absolute atomic E-state index is 0.0145. The van der Waals surface area contributed by atoms with Crippen LogP contribution in [-0.2, 0) is 11.9 Å². The van der Waals surface area contributed by atoms with Gasteiger partial charge in [-0.1, -0.05) is 30.0 Å². The number of benzene rings is 1. The second kappa shape index (κ2) is 7.17. The van der Waals surface area contributed by atoms with Crippen LogP contribution in [0.4, 0.5) is 13.2 Å². The summed E-state index contributed by atoms with van der Waals surface area (Å²) in [5, 5.41) is 16.9. The molecule has 0 unspecified atom stereocenters. The van der Waals surface area contributed by atoms with Crippen molar-refractivity contribution in [3.8, 4) is 17.5 Å². The molecular formula is C17H11F3N4OS.